The summed E-state index contributed by atoms with van der Waals surface area (Å²) in [4.78, 5) is 31.1. The molecule has 4 rings (SSSR count). The number of nitrogen functional groups attached to an aromatic ring is 1. The number of thiazole rings is 1. The molecule has 0 aliphatic carbocycles. The Balaban J connectivity index is 1.34. The highest BCUT2D eigenvalue weighted by Crippen LogP contribution is 2.28. The van der Waals surface area contributed by atoms with E-state index in [4.69, 9.17) is 10.5 Å². The Kier molecular flexibility index (Phi) is 6.44. The van der Waals surface area contributed by atoms with Crippen molar-refractivity contribution >= 4 is 39.7 Å². The van der Waals surface area contributed by atoms with Gasteiger partial charge in [0.05, 0.1) is 25.5 Å². The first-order chi connectivity index (χ1) is 15.1. The molecule has 4 N–H and O–H groups in total. The van der Waals surface area contributed by atoms with Crippen LogP contribution >= 0.6 is 11.3 Å². The van der Waals surface area contributed by atoms with E-state index in [0.717, 1.165) is 43.2 Å². The van der Waals surface area contributed by atoms with Crippen molar-refractivity contribution in [1.29, 1.82) is 0 Å². The molecule has 0 spiro atoms. The molecule has 0 radical (unpaired) electrons. The molecule has 1 aliphatic heterocycles. The average molecular weight is 438 g/mol. The van der Waals surface area contributed by atoms with Crippen molar-refractivity contribution in [2.24, 2.45) is 0 Å². The van der Waals surface area contributed by atoms with Crippen LogP contribution in [0.5, 0.6) is 0 Å². The monoisotopic (exact) mass is 437 g/mol. The van der Waals surface area contributed by atoms with E-state index < -0.39 is 0 Å². The van der Waals surface area contributed by atoms with Crippen molar-refractivity contribution < 1.29 is 14.3 Å². The van der Waals surface area contributed by atoms with E-state index in [1.807, 2.05) is 17.5 Å². The van der Waals surface area contributed by atoms with E-state index in [0.29, 0.717) is 16.4 Å². The van der Waals surface area contributed by atoms with Crippen LogP contribution in [0.2, 0.25) is 0 Å². The number of aromatic nitrogens is 1. The first-order valence-corrected chi connectivity index (χ1v) is 10.8. The fraction of sp³-hybridized carbons (Fsp3) is 0.227. The third kappa shape index (κ3) is 5.39. The lowest BCUT2D eigenvalue weighted by atomic mass is 10.1. The second-order valence-electron chi connectivity index (χ2n) is 7.04. The van der Waals surface area contributed by atoms with Gasteiger partial charge in [0.2, 0.25) is 5.91 Å². The minimum atomic E-state index is -0.341. The number of nitrogens with one attached hydrogen (secondary N) is 2. The lowest BCUT2D eigenvalue weighted by Crippen LogP contribution is -2.36. The SMILES string of the molecule is Nc1ccc(C(=O)NCC(=O)Nc2nc(-c3cccc(N4CCOCC4)c3)cs2)cc1. The van der Waals surface area contributed by atoms with Crippen LogP contribution in [0.15, 0.2) is 53.9 Å². The van der Waals surface area contributed by atoms with Gasteiger partial charge in [-0.3, -0.25) is 9.59 Å². The lowest BCUT2D eigenvalue weighted by Gasteiger charge is -2.29. The van der Waals surface area contributed by atoms with Gasteiger partial charge < -0.3 is 26.0 Å². The van der Waals surface area contributed by atoms with Gasteiger partial charge in [0.15, 0.2) is 5.13 Å². The number of hydrogen-bond acceptors (Lipinski definition) is 7. The number of benzene rings is 2. The van der Waals surface area contributed by atoms with Crippen LogP contribution < -0.4 is 21.3 Å². The van der Waals surface area contributed by atoms with Crippen molar-refractivity contribution in [2.45, 2.75) is 0 Å². The Morgan fingerprint density at radius 1 is 1.13 bits per heavy atom. The molecule has 1 aromatic heterocycles. The molecule has 2 amide bonds. The Labute approximate surface area is 184 Å². The number of ether oxygens (including phenoxy) is 1. The fourth-order valence-corrected chi connectivity index (χ4v) is 3.94. The molecular weight excluding hydrogens is 414 g/mol. The van der Waals surface area contributed by atoms with Crippen molar-refractivity contribution in [2.75, 3.05) is 48.8 Å². The predicted molar refractivity (Wildman–Crippen MR) is 122 cm³/mol. The number of rotatable bonds is 6. The zero-order valence-corrected chi connectivity index (χ0v) is 17.7. The summed E-state index contributed by atoms with van der Waals surface area (Å²) in [5.41, 5.74) is 9.54. The summed E-state index contributed by atoms with van der Waals surface area (Å²) in [7, 11) is 0. The molecule has 1 saturated heterocycles. The number of carbonyl (C=O) groups excluding carboxylic acids is 2. The molecule has 0 saturated carbocycles. The van der Waals surface area contributed by atoms with Crippen LogP contribution in [0.3, 0.4) is 0 Å². The average Bonchev–Trinajstić information content (AvgIpc) is 3.27. The largest absolute Gasteiger partial charge is 0.399 e. The number of nitrogens with zero attached hydrogens (tertiary/aromatic N) is 2. The Morgan fingerprint density at radius 2 is 1.90 bits per heavy atom. The highest BCUT2D eigenvalue weighted by atomic mass is 32.1. The molecule has 0 atom stereocenters. The lowest BCUT2D eigenvalue weighted by molar-refractivity contribution is -0.115. The molecule has 9 heteroatoms. The van der Waals surface area contributed by atoms with Crippen molar-refractivity contribution in [3.8, 4) is 11.3 Å². The Hall–Kier alpha value is -3.43. The van der Waals surface area contributed by atoms with E-state index in [2.05, 4.69) is 32.7 Å². The van der Waals surface area contributed by atoms with Gasteiger partial charge >= 0.3 is 0 Å². The Morgan fingerprint density at radius 3 is 2.68 bits per heavy atom. The summed E-state index contributed by atoms with van der Waals surface area (Å²) in [5.74, 6) is -0.679. The summed E-state index contributed by atoms with van der Waals surface area (Å²) in [5, 5.41) is 7.71. The normalized spacial score (nSPS) is 13.6. The van der Waals surface area contributed by atoms with Gasteiger partial charge in [-0.2, -0.15) is 0 Å². The second kappa shape index (κ2) is 9.59. The topological polar surface area (TPSA) is 110 Å². The minimum Gasteiger partial charge on any atom is -0.399 e. The molecule has 3 aromatic rings. The number of amides is 2. The third-order valence-corrected chi connectivity index (χ3v) is 5.61. The highest BCUT2D eigenvalue weighted by Gasteiger charge is 2.14. The van der Waals surface area contributed by atoms with Crippen LogP contribution in [-0.2, 0) is 9.53 Å². The number of morpholine rings is 1. The molecule has 1 aliphatic rings. The number of nitrogens with two attached hydrogens (primary N) is 1. The van der Waals surface area contributed by atoms with Gasteiger partial charge in [0.25, 0.3) is 5.91 Å². The van der Waals surface area contributed by atoms with Gasteiger partial charge in [-0.1, -0.05) is 12.1 Å². The maximum absolute atomic E-state index is 12.2. The number of carbonyl (C=O) groups is 2. The summed E-state index contributed by atoms with van der Waals surface area (Å²) >= 11 is 1.34. The highest BCUT2D eigenvalue weighted by molar-refractivity contribution is 7.14. The maximum atomic E-state index is 12.2. The van der Waals surface area contributed by atoms with Crippen LogP contribution in [-0.4, -0.2) is 49.6 Å². The number of anilines is 3. The molecule has 1 fully saturated rings. The summed E-state index contributed by atoms with van der Waals surface area (Å²) in [6.07, 6.45) is 0. The van der Waals surface area contributed by atoms with Crippen LogP contribution in [0.1, 0.15) is 10.4 Å². The quantitative estimate of drug-likeness (QED) is 0.512. The van der Waals surface area contributed by atoms with Crippen LogP contribution in [0.4, 0.5) is 16.5 Å². The van der Waals surface area contributed by atoms with E-state index in [1.165, 1.54) is 11.3 Å². The van der Waals surface area contributed by atoms with Gasteiger partial charge in [-0.15, -0.1) is 11.3 Å². The van der Waals surface area contributed by atoms with E-state index in [-0.39, 0.29) is 18.4 Å². The van der Waals surface area contributed by atoms with E-state index in [9.17, 15) is 9.59 Å². The van der Waals surface area contributed by atoms with Crippen molar-refractivity contribution in [3.05, 3.63) is 59.5 Å². The standard InChI is InChI=1S/C22H23N5O3S/c23-17-6-4-15(5-7-17)21(29)24-13-20(28)26-22-25-19(14-31-22)16-2-1-3-18(12-16)27-8-10-30-11-9-27/h1-7,12,14H,8-11,13,23H2,(H,24,29)(H,25,26,28). The van der Waals surface area contributed by atoms with Gasteiger partial charge in [0.1, 0.15) is 0 Å². The molecule has 160 valence electrons. The maximum Gasteiger partial charge on any atom is 0.251 e. The van der Waals surface area contributed by atoms with E-state index >= 15 is 0 Å². The Bertz CT molecular complexity index is 1060. The molecule has 8 nitrogen and oxygen atoms in total. The predicted octanol–water partition coefficient (Wildman–Crippen LogP) is 2.60. The number of hydrogen-bond donors (Lipinski definition) is 3. The van der Waals surface area contributed by atoms with Crippen molar-refractivity contribution in [1.82, 2.24) is 10.3 Å². The van der Waals surface area contributed by atoms with Crippen LogP contribution in [0.25, 0.3) is 11.3 Å². The first-order valence-electron chi connectivity index (χ1n) is 9.91. The summed E-state index contributed by atoms with van der Waals surface area (Å²) in [6, 6.07) is 14.7. The second-order valence-corrected chi connectivity index (χ2v) is 7.90. The van der Waals surface area contributed by atoms with Gasteiger partial charge in [0, 0.05) is 41.0 Å². The summed E-state index contributed by atoms with van der Waals surface area (Å²) < 4.78 is 5.42. The fourth-order valence-electron chi connectivity index (χ4n) is 3.21. The third-order valence-electron chi connectivity index (χ3n) is 4.85. The molecule has 0 unspecified atom stereocenters. The molecule has 2 heterocycles. The molecule has 0 bridgehead atoms. The van der Waals surface area contributed by atoms with E-state index in [1.54, 1.807) is 24.3 Å². The van der Waals surface area contributed by atoms with Crippen LogP contribution in [0, 0.1) is 0 Å². The van der Waals surface area contributed by atoms with Gasteiger partial charge in [-0.25, -0.2) is 4.98 Å². The zero-order chi connectivity index (χ0) is 21.6. The summed E-state index contributed by atoms with van der Waals surface area (Å²) in [6.45, 7) is 3.04. The van der Waals surface area contributed by atoms with Crippen molar-refractivity contribution in [3.63, 3.8) is 0 Å². The first kappa shape index (κ1) is 20.8. The smallest absolute Gasteiger partial charge is 0.251 e. The molecule has 2 aromatic carbocycles. The van der Waals surface area contributed by atoms with Gasteiger partial charge in [-0.05, 0) is 36.4 Å². The zero-order valence-electron chi connectivity index (χ0n) is 16.8. The minimum absolute atomic E-state index is 0.148. The molecular formula is C22H23N5O3S. The molecule has 31 heavy (non-hydrogen) atoms.